The first kappa shape index (κ1) is 18.5. The van der Waals surface area contributed by atoms with E-state index < -0.39 is 0 Å². The molecule has 4 rings (SSSR count). The molecule has 4 aromatic rings. The second kappa shape index (κ2) is 6.34. The number of aryl methyl sites for hydroxylation is 3. The highest BCUT2D eigenvalue weighted by Crippen LogP contribution is 2.34. The van der Waals surface area contributed by atoms with Crippen molar-refractivity contribution < 1.29 is 0 Å². The third-order valence-corrected chi connectivity index (χ3v) is 5.56. The molecule has 0 aliphatic carbocycles. The number of hydrogen-bond acceptors (Lipinski definition) is 3. The van der Waals surface area contributed by atoms with E-state index in [0.717, 1.165) is 33.1 Å². The third kappa shape index (κ3) is 2.59. The molecule has 0 atom stereocenters. The molecule has 0 aliphatic rings. The Morgan fingerprint density at radius 3 is 2.39 bits per heavy atom. The molecule has 6 nitrogen and oxygen atoms in total. The molecule has 0 aliphatic heterocycles. The van der Waals surface area contributed by atoms with Crippen LogP contribution in [0.4, 0.5) is 0 Å². The zero-order valence-electron chi connectivity index (χ0n) is 16.4. The minimum Gasteiger partial charge on any atom is -0.317 e. The van der Waals surface area contributed by atoms with Crippen molar-refractivity contribution in [2.24, 2.45) is 21.1 Å². The molecule has 3 aromatic heterocycles. The van der Waals surface area contributed by atoms with Gasteiger partial charge in [-0.2, -0.15) is 0 Å². The fraction of sp³-hybridized carbons (Fsp3) is 0.286. The van der Waals surface area contributed by atoms with E-state index in [-0.39, 0.29) is 22.3 Å². The van der Waals surface area contributed by atoms with Crippen molar-refractivity contribution in [3.05, 3.63) is 62.1 Å². The van der Waals surface area contributed by atoms with Gasteiger partial charge < -0.3 is 4.57 Å². The van der Waals surface area contributed by atoms with Gasteiger partial charge in [0.25, 0.3) is 5.56 Å². The highest BCUT2D eigenvalue weighted by Gasteiger charge is 2.18. The lowest BCUT2D eigenvalue weighted by Crippen LogP contribution is -2.19. The smallest absolute Gasteiger partial charge is 0.317 e. The van der Waals surface area contributed by atoms with Crippen LogP contribution in [0.3, 0.4) is 0 Å². The van der Waals surface area contributed by atoms with Crippen molar-refractivity contribution >= 4 is 33.4 Å². The van der Waals surface area contributed by atoms with E-state index in [1.165, 1.54) is 0 Å². The van der Waals surface area contributed by atoms with Crippen molar-refractivity contribution in [2.75, 3.05) is 0 Å². The molecule has 7 heteroatoms. The third-order valence-electron chi connectivity index (χ3n) is 5.36. The second-order valence-corrected chi connectivity index (χ2v) is 7.89. The Bertz CT molecular complexity index is 1380. The van der Waals surface area contributed by atoms with Crippen LogP contribution in [0.1, 0.15) is 25.3 Å². The Kier molecular flexibility index (Phi) is 4.19. The van der Waals surface area contributed by atoms with Crippen LogP contribution >= 0.6 is 11.6 Å². The maximum atomic E-state index is 12.6. The van der Waals surface area contributed by atoms with E-state index >= 15 is 0 Å². The molecule has 0 saturated heterocycles. The molecule has 0 amide bonds. The summed E-state index contributed by atoms with van der Waals surface area (Å²) >= 11 is 6.03. The Labute approximate surface area is 166 Å². The molecule has 144 valence electrons. The van der Waals surface area contributed by atoms with Gasteiger partial charge in [0.15, 0.2) is 0 Å². The topological polar surface area (TPSA) is 61.8 Å². The molecule has 3 heterocycles. The van der Waals surface area contributed by atoms with Crippen LogP contribution in [0.25, 0.3) is 32.9 Å². The summed E-state index contributed by atoms with van der Waals surface area (Å²) in [5.74, 6) is 0.224. The molecule has 1 aromatic carbocycles. The standard InChI is InChI=1S/C21H21ClN4O2/c1-11(2)13-6-12(7-17-19(13)26(5)21(28)25(17)4)16-10-24(3)20(27)14-8-18(22)23-9-15(14)16/h6-11H,1-5H3. The zero-order chi connectivity index (χ0) is 20.3. The van der Waals surface area contributed by atoms with Crippen LogP contribution in [0.5, 0.6) is 0 Å². The second-order valence-electron chi connectivity index (χ2n) is 7.50. The molecule has 0 spiro atoms. The summed E-state index contributed by atoms with van der Waals surface area (Å²) in [5.41, 5.74) is 4.49. The Balaban J connectivity index is 2.17. The summed E-state index contributed by atoms with van der Waals surface area (Å²) in [5, 5.41) is 1.54. The number of halogens is 1. The quantitative estimate of drug-likeness (QED) is 0.486. The van der Waals surface area contributed by atoms with Gasteiger partial charge in [-0.15, -0.1) is 0 Å². The molecule has 0 N–H and O–H groups in total. The lowest BCUT2D eigenvalue weighted by molar-refractivity contribution is 0.788. The Hall–Kier alpha value is -2.86. The summed E-state index contributed by atoms with van der Waals surface area (Å²) in [6, 6.07) is 5.69. The first-order valence-corrected chi connectivity index (χ1v) is 9.43. The van der Waals surface area contributed by atoms with Gasteiger partial charge in [0, 0.05) is 44.5 Å². The van der Waals surface area contributed by atoms with Gasteiger partial charge in [0.1, 0.15) is 5.15 Å². The van der Waals surface area contributed by atoms with Crippen molar-refractivity contribution in [3.63, 3.8) is 0 Å². The summed E-state index contributed by atoms with van der Waals surface area (Å²) in [6.45, 7) is 4.21. The van der Waals surface area contributed by atoms with E-state index in [2.05, 4.69) is 24.9 Å². The van der Waals surface area contributed by atoms with Gasteiger partial charge in [-0.25, -0.2) is 9.78 Å². The Morgan fingerprint density at radius 1 is 1.00 bits per heavy atom. The first-order valence-electron chi connectivity index (χ1n) is 9.05. The monoisotopic (exact) mass is 396 g/mol. The van der Waals surface area contributed by atoms with Gasteiger partial charge in [-0.1, -0.05) is 25.4 Å². The number of benzene rings is 1. The van der Waals surface area contributed by atoms with Gasteiger partial charge in [0.05, 0.1) is 16.4 Å². The highest BCUT2D eigenvalue weighted by atomic mass is 35.5. The fourth-order valence-electron chi connectivity index (χ4n) is 3.84. The number of fused-ring (bicyclic) bond motifs is 2. The maximum absolute atomic E-state index is 12.6. The van der Waals surface area contributed by atoms with E-state index in [9.17, 15) is 9.59 Å². The molecule has 0 bridgehead atoms. The van der Waals surface area contributed by atoms with Crippen LogP contribution in [0.2, 0.25) is 5.15 Å². The molecule has 0 fully saturated rings. The molecule has 0 unspecified atom stereocenters. The molecular weight excluding hydrogens is 376 g/mol. The summed E-state index contributed by atoms with van der Waals surface area (Å²) < 4.78 is 4.90. The van der Waals surface area contributed by atoms with E-state index in [0.29, 0.717) is 5.39 Å². The van der Waals surface area contributed by atoms with E-state index in [1.54, 1.807) is 47.1 Å². The molecular formula is C21H21ClN4O2. The van der Waals surface area contributed by atoms with Crippen molar-refractivity contribution in [2.45, 2.75) is 19.8 Å². The van der Waals surface area contributed by atoms with Crippen LogP contribution in [0, 0.1) is 0 Å². The summed E-state index contributed by atoms with van der Waals surface area (Å²) in [7, 11) is 5.29. The summed E-state index contributed by atoms with van der Waals surface area (Å²) in [4.78, 5) is 29.3. The van der Waals surface area contributed by atoms with Gasteiger partial charge in [0.2, 0.25) is 0 Å². The zero-order valence-corrected chi connectivity index (χ0v) is 17.2. The Morgan fingerprint density at radius 2 is 1.71 bits per heavy atom. The van der Waals surface area contributed by atoms with Gasteiger partial charge in [-0.3, -0.25) is 13.9 Å². The van der Waals surface area contributed by atoms with E-state index in [4.69, 9.17) is 11.6 Å². The number of nitrogens with zero attached hydrogens (tertiary/aromatic N) is 4. The lowest BCUT2D eigenvalue weighted by Gasteiger charge is -2.14. The number of pyridine rings is 2. The number of rotatable bonds is 2. The predicted octanol–water partition coefficient (Wildman–Crippen LogP) is 3.57. The maximum Gasteiger partial charge on any atom is 0.328 e. The fourth-order valence-corrected chi connectivity index (χ4v) is 4.00. The average molecular weight is 397 g/mol. The van der Waals surface area contributed by atoms with Crippen LogP contribution in [-0.4, -0.2) is 18.7 Å². The largest absolute Gasteiger partial charge is 0.328 e. The van der Waals surface area contributed by atoms with Crippen LogP contribution < -0.4 is 11.2 Å². The summed E-state index contributed by atoms with van der Waals surface area (Å²) in [6.07, 6.45) is 3.45. The van der Waals surface area contributed by atoms with Crippen molar-refractivity contribution in [1.29, 1.82) is 0 Å². The average Bonchev–Trinajstić information content (AvgIpc) is 2.88. The van der Waals surface area contributed by atoms with Gasteiger partial charge in [-0.05, 0) is 35.2 Å². The number of imidazole rings is 1. The molecule has 28 heavy (non-hydrogen) atoms. The highest BCUT2D eigenvalue weighted by molar-refractivity contribution is 6.30. The normalized spacial score (nSPS) is 11.8. The lowest BCUT2D eigenvalue weighted by atomic mass is 9.94. The van der Waals surface area contributed by atoms with Crippen LogP contribution in [0.15, 0.2) is 40.2 Å². The number of aromatic nitrogens is 4. The van der Waals surface area contributed by atoms with Crippen molar-refractivity contribution in [3.8, 4) is 11.1 Å². The number of hydrogen-bond donors (Lipinski definition) is 0. The minimum absolute atomic E-state index is 0.0622. The van der Waals surface area contributed by atoms with Crippen LogP contribution in [-0.2, 0) is 21.1 Å². The van der Waals surface area contributed by atoms with E-state index in [1.807, 2.05) is 12.3 Å². The van der Waals surface area contributed by atoms with Gasteiger partial charge >= 0.3 is 5.69 Å². The van der Waals surface area contributed by atoms with Crippen molar-refractivity contribution in [1.82, 2.24) is 18.7 Å². The SMILES string of the molecule is CC(C)c1cc(-c2cn(C)c(=O)c3cc(Cl)ncc23)cc2c1n(C)c(=O)n2C. The predicted molar refractivity (Wildman–Crippen MR) is 113 cm³/mol. The molecule has 0 saturated carbocycles. The first-order chi connectivity index (χ1) is 13.2. The minimum atomic E-state index is -0.125. The molecule has 0 radical (unpaired) electrons.